The predicted octanol–water partition coefficient (Wildman–Crippen LogP) is 4.33. The van der Waals surface area contributed by atoms with Crippen LogP contribution in [-0.4, -0.2) is 45.1 Å². The van der Waals surface area contributed by atoms with Crippen molar-refractivity contribution in [1.82, 2.24) is 19.4 Å². The largest absolute Gasteiger partial charge is 0.364 e. The summed E-state index contributed by atoms with van der Waals surface area (Å²) in [6.45, 7) is 10.7. The maximum Gasteiger partial charge on any atom is 0.271 e. The second-order valence-corrected chi connectivity index (χ2v) is 9.24. The molecule has 1 fully saturated rings. The van der Waals surface area contributed by atoms with Gasteiger partial charge in [0.1, 0.15) is 29.0 Å². The van der Waals surface area contributed by atoms with E-state index < -0.39 is 17.4 Å². The molecule has 0 spiro atoms. The average molecular weight is 512 g/mol. The molecule has 3 aromatic heterocycles. The van der Waals surface area contributed by atoms with Gasteiger partial charge in [-0.2, -0.15) is 5.26 Å². The number of pyridine rings is 3. The standard InChI is InChI=1S/C28H23F2N7O/c1-17-16-36(27-21(14-31)28(38)35(3)23-9-10-24(32-2)34-25(23)27)11-12-37(17)26(18-5-4-6-19(29)13-18)22-8-7-20(30)15-33-22/h4-10,13,15,17,26H,11-12,16H2,1,3H3/t17-,26?/m1/s1. The first kappa shape index (κ1) is 25.0. The lowest BCUT2D eigenvalue weighted by Gasteiger charge is -2.44. The summed E-state index contributed by atoms with van der Waals surface area (Å²) in [6.07, 6.45) is 1.15. The molecule has 1 saturated heterocycles. The number of rotatable bonds is 4. The number of aromatic nitrogens is 3. The third-order valence-electron chi connectivity index (χ3n) is 6.95. The zero-order valence-electron chi connectivity index (χ0n) is 20.8. The molecule has 10 heteroatoms. The molecular formula is C28H23F2N7O. The van der Waals surface area contributed by atoms with Gasteiger partial charge in [0.25, 0.3) is 11.4 Å². The van der Waals surface area contributed by atoms with Gasteiger partial charge in [-0.05, 0) is 48.9 Å². The number of nitrogens with zero attached hydrogens (tertiary/aromatic N) is 7. The number of benzene rings is 1. The van der Waals surface area contributed by atoms with E-state index in [-0.39, 0.29) is 23.2 Å². The average Bonchev–Trinajstić information content (AvgIpc) is 2.92. The first-order chi connectivity index (χ1) is 18.3. The van der Waals surface area contributed by atoms with E-state index in [1.54, 1.807) is 31.3 Å². The van der Waals surface area contributed by atoms with Crippen LogP contribution in [0, 0.1) is 29.5 Å². The van der Waals surface area contributed by atoms with E-state index in [4.69, 9.17) is 6.57 Å². The summed E-state index contributed by atoms with van der Waals surface area (Å²) in [4.78, 5) is 29.3. The maximum absolute atomic E-state index is 14.2. The van der Waals surface area contributed by atoms with Gasteiger partial charge in [0, 0.05) is 32.7 Å². The molecule has 1 aliphatic rings. The summed E-state index contributed by atoms with van der Waals surface area (Å²) in [5.41, 5.74) is 2.15. The Morgan fingerprint density at radius 3 is 2.63 bits per heavy atom. The van der Waals surface area contributed by atoms with E-state index in [2.05, 4.69) is 25.8 Å². The van der Waals surface area contributed by atoms with Crippen LogP contribution in [0.1, 0.15) is 29.8 Å². The number of fused-ring (bicyclic) bond motifs is 1. The molecule has 8 nitrogen and oxygen atoms in total. The monoisotopic (exact) mass is 511 g/mol. The van der Waals surface area contributed by atoms with E-state index in [0.717, 1.165) is 6.20 Å². The number of hydrogen-bond acceptors (Lipinski definition) is 6. The minimum absolute atomic E-state index is 0.0304. The van der Waals surface area contributed by atoms with Crippen LogP contribution in [0.3, 0.4) is 0 Å². The SMILES string of the molecule is [C-]#[N+]c1ccc2c(n1)c(N1CCN(C(c3cccc(F)c3)c3ccc(F)cn3)[C@H](C)C1)c(C#N)c(=O)n2C. The van der Waals surface area contributed by atoms with E-state index in [1.165, 1.54) is 22.8 Å². The molecule has 5 rings (SSSR count). The minimum atomic E-state index is -0.461. The summed E-state index contributed by atoms with van der Waals surface area (Å²) >= 11 is 0. The van der Waals surface area contributed by atoms with E-state index in [1.807, 2.05) is 17.9 Å². The van der Waals surface area contributed by atoms with Crippen molar-refractivity contribution in [3.05, 3.63) is 105 Å². The van der Waals surface area contributed by atoms with Gasteiger partial charge >= 0.3 is 0 Å². The topological polar surface area (TPSA) is 82.4 Å². The van der Waals surface area contributed by atoms with Crippen LogP contribution in [0.4, 0.5) is 20.3 Å². The maximum atomic E-state index is 14.2. The van der Waals surface area contributed by atoms with Crippen molar-refractivity contribution < 1.29 is 8.78 Å². The Morgan fingerprint density at radius 1 is 1.16 bits per heavy atom. The summed E-state index contributed by atoms with van der Waals surface area (Å²) in [7, 11) is 1.58. The smallest absolute Gasteiger partial charge is 0.271 e. The highest BCUT2D eigenvalue weighted by atomic mass is 19.1. The van der Waals surface area contributed by atoms with Gasteiger partial charge in [-0.15, -0.1) is 4.98 Å². The second-order valence-electron chi connectivity index (χ2n) is 9.24. The van der Waals surface area contributed by atoms with Crippen molar-refractivity contribution in [2.75, 3.05) is 24.5 Å². The first-order valence-electron chi connectivity index (χ1n) is 12.0. The molecule has 1 aliphatic heterocycles. The lowest BCUT2D eigenvalue weighted by Crippen LogP contribution is -2.54. The zero-order chi connectivity index (χ0) is 27.0. The fourth-order valence-electron chi connectivity index (χ4n) is 5.17. The molecule has 38 heavy (non-hydrogen) atoms. The molecule has 0 N–H and O–H groups in total. The van der Waals surface area contributed by atoms with Crippen molar-refractivity contribution in [2.45, 2.75) is 19.0 Å². The van der Waals surface area contributed by atoms with Crippen LogP contribution in [-0.2, 0) is 7.05 Å². The summed E-state index contributed by atoms with van der Waals surface area (Å²) in [5.74, 6) is -0.674. The number of anilines is 1. The Labute approximate surface area is 217 Å². The van der Waals surface area contributed by atoms with Crippen LogP contribution in [0.25, 0.3) is 15.9 Å². The molecule has 1 aromatic carbocycles. The summed E-state index contributed by atoms with van der Waals surface area (Å²) < 4.78 is 29.3. The fourth-order valence-corrected chi connectivity index (χ4v) is 5.17. The highest BCUT2D eigenvalue weighted by Crippen LogP contribution is 2.35. The van der Waals surface area contributed by atoms with E-state index >= 15 is 0 Å². The van der Waals surface area contributed by atoms with Crippen molar-refractivity contribution >= 4 is 22.5 Å². The molecule has 1 unspecified atom stereocenters. The van der Waals surface area contributed by atoms with Crippen molar-refractivity contribution in [3.8, 4) is 6.07 Å². The number of aryl methyl sites for hydroxylation is 1. The van der Waals surface area contributed by atoms with Crippen LogP contribution in [0.5, 0.6) is 0 Å². The van der Waals surface area contributed by atoms with Gasteiger partial charge < -0.3 is 14.3 Å². The molecule has 190 valence electrons. The Balaban J connectivity index is 1.57. The number of hydrogen-bond donors (Lipinski definition) is 0. The Kier molecular flexibility index (Phi) is 6.58. The van der Waals surface area contributed by atoms with Crippen molar-refractivity contribution in [2.24, 2.45) is 7.05 Å². The van der Waals surface area contributed by atoms with Gasteiger partial charge in [0.15, 0.2) is 0 Å². The Bertz CT molecular complexity index is 1670. The number of nitriles is 1. The number of piperazine rings is 1. The van der Waals surface area contributed by atoms with Gasteiger partial charge in [-0.1, -0.05) is 18.7 Å². The molecule has 0 amide bonds. The fraction of sp³-hybridized carbons (Fsp3) is 0.250. The second kappa shape index (κ2) is 10.0. The minimum Gasteiger partial charge on any atom is -0.364 e. The Morgan fingerprint density at radius 2 is 1.97 bits per heavy atom. The zero-order valence-corrected chi connectivity index (χ0v) is 20.8. The van der Waals surface area contributed by atoms with Gasteiger partial charge in [-0.3, -0.25) is 14.7 Å². The lowest BCUT2D eigenvalue weighted by molar-refractivity contribution is 0.147. The van der Waals surface area contributed by atoms with Gasteiger partial charge in [0.2, 0.25) is 5.52 Å². The summed E-state index contributed by atoms with van der Waals surface area (Å²) in [6, 6.07) is 13.9. The molecule has 4 heterocycles. The van der Waals surface area contributed by atoms with Crippen molar-refractivity contribution in [3.63, 3.8) is 0 Å². The molecule has 0 radical (unpaired) electrons. The van der Waals surface area contributed by atoms with Gasteiger partial charge in [0.05, 0.1) is 23.4 Å². The highest BCUT2D eigenvalue weighted by Gasteiger charge is 2.35. The molecule has 4 aromatic rings. The molecule has 0 aliphatic carbocycles. The molecular weight excluding hydrogens is 488 g/mol. The van der Waals surface area contributed by atoms with Crippen LogP contribution in [0.15, 0.2) is 59.5 Å². The predicted molar refractivity (Wildman–Crippen MR) is 139 cm³/mol. The van der Waals surface area contributed by atoms with Gasteiger partial charge in [-0.25, -0.2) is 8.78 Å². The van der Waals surface area contributed by atoms with Crippen molar-refractivity contribution in [1.29, 1.82) is 5.26 Å². The third-order valence-corrected chi connectivity index (χ3v) is 6.95. The van der Waals surface area contributed by atoms with Crippen LogP contribution < -0.4 is 10.5 Å². The quantitative estimate of drug-likeness (QED) is 0.380. The summed E-state index contributed by atoms with van der Waals surface area (Å²) in [5, 5.41) is 9.93. The molecule has 0 bridgehead atoms. The van der Waals surface area contributed by atoms with Crippen LogP contribution in [0.2, 0.25) is 0 Å². The highest BCUT2D eigenvalue weighted by molar-refractivity contribution is 5.92. The normalized spacial score (nSPS) is 16.7. The molecule has 0 saturated carbocycles. The van der Waals surface area contributed by atoms with E-state index in [9.17, 15) is 18.8 Å². The Hall–Kier alpha value is -4.67. The van der Waals surface area contributed by atoms with E-state index in [0.29, 0.717) is 47.6 Å². The van der Waals surface area contributed by atoms with Crippen LogP contribution >= 0.6 is 0 Å². The number of halogens is 2. The molecule has 2 atom stereocenters. The third kappa shape index (κ3) is 4.36. The first-order valence-corrected chi connectivity index (χ1v) is 12.0. The lowest BCUT2D eigenvalue weighted by atomic mass is 9.97.